The molecule has 0 heterocycles. The van der Waals surface area contributed by atoms with Gasteiger partial charge >= 0.3 is 0 Å². The van der Waals surface area contributed by atoms with Crippen molar-refractivity contribution in [3.8, 4) is 5.75 Å². The lowest BCUT2D eigenvalue weighted by Crippen LogP contribution is -2.16. The Hall–Kier alpha value is -1.33. The van der Waals surface area contributed by atoms with Crippen LogP contribution in [0.4, 0.5) is 0 Å². The Morgan fingerprint density at radius 2 is 1.63 bits per heavy atom. The highest BCUT2D eigenvalue weighted by atomic mass is 31.1. The van der Waals surface area contributed by atoms with Gasteiger partial charge in [-0.3, -0.25) is 0 Å². The molecular weight excluding hydrogens is 251 g/mol. The molecule has 0 fully saturated rings. The quantitative estimate of drug-likeness (QED) is 0.828. The fraction of sp³-hybridized carbons (Fsp3) is 0.294. The van der Waals surface area contributed by atoms with Crippen LogP contribution in [-0.2, 0) is 5.41 Å². The number of aryl methyl sites for hydroxylation is 1. The van der Waals surface area contributed by atoms with Gasteiger partial charge in [-0.1, -0.05) is 65.8 Å². The lowest BCUT2D eigenvalue weighted by Gasteiger charge is -2.23. The highest BCUT2D eigenvalue weighted by Crippen LogP contribution is 2.33. The molecule has 0 bridgehead atoms. The van der Waals surface area contributed by atoms with Crippen molar-refractivity contribution < 1.29 is 5.11 Å². The van der Waals surface area contributed by atoms with Gasteiger partial charge in [-0.15, -0.1) is 0 Å². The average Bonchev–Trinajstić information content (AvgIpc) is 2.33. The molecule has 2 rings (SSSR count). The highest BCUT2D eigenvalue weighted by Gasteiger charge is 2.20. The predicted octanol–water partition coefficient (Wildman–Crippen LogP) is 3.63. The number of benzene rings is 2. The number of hydrogen-bond donors (Lipinski definition) is 1. The maximum Gasteiger partial charge on any atom is 0.127 e. The summed E-state index contributed by atoms with van der Waals surface area (Å²) < 4.78 is 0. The third-order valence-corrected chi connectivity index (χ3v) is 4.39. The van der Waals surface area contributed by atoms with E-state index in [0.29, 0.717) is 14.3 Å². The van der Waals surface area contributed by atoms with E-state index >= 15 is 0 Å². The Morgan fingerprint density at radius 1 is 1.00 bits per heavy atom. The van der Waals surface area contributed by atoms with Crippen LogP contribution < -0.4 is 10.6 Å². The van der Waals surface area contributed by atoms with Crippen LogP contribution in [0.2, 0.25) is 0 Å². The van der Waals surface area contributed by atoms with Crippen molar-refractivity contribution >= 4 is 19.2 Å². The van der Waals surface area contributed by atoms with Crippen LogP contribution in [0.25, 0.3) is 0 Å². The fourth-order valence-corrected chi connectivity index (χ4v) is 3.35. The molecule has 0 aliphatic heterocycles. The van der Waals surface area contributed by atoms with Crippen molar-refractivity contribution in [1.29, 1.82) is 0 Å². The Labute approximate surface area is 117 Å². The van der Waals surface area contributed by atoms with Crippen molar-refractivity contribution in [2.45, 2.75) is 33.1 Å². The molecule has 0 saturated heterocycles. The zero-order valence-electron chi connectivity index (χ0n) is 12.0. The predicted molar refractivity (Wildman–Crippen MR) is 85.6 cm³/mol. The van der Waals surface area contributed by atoms with Crippen LogP contribution in [0.1, 0.15) is 31.9 Å². The van der Waals surface area contributed by atoms with Gasteiger partial charge in [-0.2, -0.15) is 0 Å². The van der Waals surface area contributed by atoms with Crippen LogP contribution in [0.5, 0.6) is 5.75 Å². The lowest BCUT2D eigenvalue weighted by atomic mass is 9.85. The summed E-state index contributed by atoms with van der Waals surface area (Å²) in [5.74, 6) is 0.459. The summed E-state index contributed by atoms with van der Waals surface area (Å²) in [6, 6.07) is 14.5. The summed E-state index contributed by atoms with van der Waals surface area (Å²) in [4.78, 5) is 0. The molecule has 0 aromatic heterocycles. The minimum Gasteiger partial charge on any atom is -0.507 e. The first-order valence-corrected chi connectivity index (χ1v) is 7.54. The number of hydrogen-bond acceptors (Lipinski definition) is 1. The summed E-state index contributed by atoms with van der Waals surface area (Å²) >= 11 is 0. The third-order valence-electron chi connectivity index (χ3n) is 3.12. The topological polar surface area (TPSA) is 20.2 Å². The van der Waals surface area contributed by atoms with E-state index in [0.717, 1.165) is 10.9 Å². The van der Waals surface area contributed by atoms with Gasteiger partial charge in [-0.05, 0) is 29.3 Å². The standard InChI is InChI=1S/C17H21OP/c1-12-10-14(17(2,3)4)16(18)15(11-12)19-13-8-6-5-7-9-13/h5-11,18-19H,1-4H3. The summed E-state index contributed by atoms with van der Waals surface area (Å²) in [5, 5.41) is 12.8. The van der Waals surface area contributed by atoms with Crippen LogP contribution in [-0.4, -0.2) is 5.11 Å². The van der Waals surface area contributed by atoms with E-state index in [9.17, 15) is 5.11 Å². The van der Waals surface area contributed by atoms with Gasteiger partial charge in [0, 0.05) is 10.9 Å². The van der Waals surface area contributed by atoms with Crippen LogP contribution in [0, 0.1) is 6.92 Å². The molecule has 1 N–H and O–H groups in total. The second-order valence-electron chi connectivity index (χ2n) is 5.95. The molecule has 0 aliphatic carbocycles. The van der Waals surface area contributed by atoms with Gasteiger partial charge in [0.15, 0.2) is 0 Å². The second-order valence-corrected chi connectivity index (χ2v) is 7.32. The van der Waals surface area contributed by atoms with Crippen molar-refractivity contribution in [2.75, 3.05) is 0 Å². The Balaban J connectivity index is 2.44. The summed E-state index contributed by atoms with van der Waals surface area (Å²) in [7, 11) is 0.497. The molecule has 100 valence electrons. The van der Waals surface area contributed by atoms with Crippen molar-refractivity contribution in [1.82, 2.24) is 0 Å². The molecule has 2 heteroatoms. The molecule has 0 aliphatic rings. The molecule has 0 saturated carbocycles. The summed E-state index contributed by atoms with van der Waals surface area (Å²) in [6.45, 7) is 8.50. The minimum atomic E-state index is -0.0357. The summed E-state index contributed by atoms with van der Waals surface area (Å²) in [6.07, 6.45) is 0. The number of phenolic OH excluding ortho intramolecular Hbond substituents is 1. The molecule has 1 unspecified atom stereocenters. The van der Waals surface area contributed by atoms with Gasteiger partial charge in [0.05, 0.1) is 0 Å². The van der Waals surface area contributed by atoms with E-state index < -0.39 is 0 Å². The molecular formula is C17H21OP. The van der Waals surface area contributed by atoms with Crippen molar-refractivity contribution in [3.63, 3.8) is 0 Å². The summed E-state index contributed by atoms with van der Waals surface area (Å²) in [5.41, 5.74) is 2.21. The number of aromatic hydroxyl groups is 1. The molecule has 0 radical (unpaired) electrons. The minimum absolute atomic E-state index is 0.0357. The van der Waals surface area contributed by atoms with E-state index in [1.54, 1.807) is 0 Å². The normalized spacial score (nSPS) is 12.2. The fourth-order valence-electron chi connectivity index (χ4n) is 2.12. The smallest absolute Gasteiger partial charge is 0.127 e. The van der Waals surface area contributed by atoms with E-state index in [-0.39, 0.29) is 5.41 Å². The Morgan fingerprint density at radius 3 is 2.21 bits per heavy atom. The molecule has 0 spiro atoms. The zero-order chi connectivity index (χ0) is 14.0. The third kappa shape index (κ3) is 3.36. The Bertz CT molecular complexity index is 568. The first-order chi connectivity index (χ1) is 8.88. The average molecular weight is 272 g/mol. The van der Waals surface area contributed by atoms with Crippen molar-refractivity contribution in [3.05, 3.63) is 53.6 Å². The van der Waals surface area contributed by atoms with Crippen molar-refractivity contribution in [2.24, 2.45) is 0 Å². The lowest BCUT2D eigenvalue weighted by molar-refractivity contribution is 0.450. The molecule has 19 heavy (non-hydrogen) atoms. The van der Waals surface area contributed by atoms with E-state index in [1.807, 2.05) is 18.2 Å². The van der Waals surface area contributed by atoms with Gasteiger partial charge < -0.3 is 5.11 Å². The monoisotopic (exact) mass is 272 g/mol. The SMILES string of the molecule is Cc1cc(Pc2ccccc2)c(O)c(C(C)(C)C)c1. The molecule has 1 atom stereocenters. The first-order valence-electron chi connectivity index (χ1n) is 6.54. The molecule has 0 amide bonds. The van der Waals surface area contributed by atoms with Crippen LogP contribution >= 0.6 is 8.58 Å². The van der Waals surface area contributed by atoms with Crippen LogP contribution in [0.3, 0.4) is 0 Å². The highest BCUT2D eigenvalue weighted by molar-refractivity contribution is 7.55. The van der Waals surface area contributed by atoms with Gasteiger partial charge in [0.2, 0.25) is 0 Å². The first kappa shape index (κ1) is 14.1. The molecule has 1 nitrogen and oxygen atoms in total. The second kappa shape index (κ2) is 5.35. The van der Waals surface area contributed by atoms with Gasteiger partial charge in [0.1, 0.15) is 5.75 Å². The maximum absolute atomic E-state index is 10.5. The molecule has 2 aromatic rings. The Kier molecular flexibility index (Phi) is 3.96. The largest absolute Gasteiger partial charge is 0.507 e. The van der Waals surface area contributed by atoms with Gasteiger partial charge in [0.25, 0.3) is 0 Å². The number of rotatable bonds is 2. The van der Waals surface area contributed by atoms with Gasteiger partial charge in [-0.25, -0.2) is 0 Å². The maximum atomic E-state index is 10.5. The van der Waals surface area contributed by atoms with E-state index in [1.165, 1.54) is 10.9 Å². The van der Waals surface area contributed by atoms with E-state index in [2.05, 4.69) is 52.0 Å². The van der Waals surface area contributed by atoms with E-state index in [4.69, 9.17) is 0 Å². The van der Waals surface area contributed by atoms with Crippen LogP contribution in [0.15, 0.2) is 42.5 Å². The number of phenols is 1. The zero-order valence-corrected chi connectivity index (χ0v) is 13.0. The molecule has 2 aromatic carbocycles.